The summed E-state index contributed by atoms with van der Waals surface area (Å²) < 4.78 is 29.6. The van der Waals surface area contributed by atoms with Gasteiger partial charge in [-0.05, 0) is 40.5 Å². The first-order valence-corrected chi connectivity index (χ1v) is 7.85. The summed E-state index contributed by atoms with van der Waals surface area (Å²) in [6, 6.07) is 5.39. The molecule has 1 N–H and O–H groups in total. The average Bonchev–Trinajstić information content (AvgIpc) is 3.10. The fourth-order valence-electron chi connectivity index (χ4n) is 2.78. The van der Waals surface area contributed by atoms with Crippen LogP contribution in [0.3, 0.4) is 0 Å². The van der Waals surface area contributed by atoms with Crippen molar-refractivity contribution in [1.29, 1.82) is 0 Å². The van der Waals surface area contributed by atoms with E-state index in [1.807, 2.05) is 6.07 Å². The van der Waals surface area contributed by atoms with Crippen LogP contribution in [-0.2, 0) is 6.42 Å². The van der Waals surface area contributed by atoms with Crippen molar-refractivity contribution in [3.63, 3.8) is 0 Å². The van der Waals surface area contributed by atoms with Gasteiger partial charge in [0.25, 0.3) is 0 Å². The van der Waals surface area contributed by atoms with Gasteiger partial charge in [-0.2, -0.15) is 5.10 Å². The predicted molar refractivity (Wildman–Crippen MR) is 86.6 cm³/mol. The van der Waals surface area contributed by atoms with Gasteiger partial charge in [-0.3, -0.25) is 4.98 Å². The van der Waals surface area contributed by atoms with Crippen molar-refractivity contribution < 1.29 is 8.78 Å². The Bertz CT molecular complexity index is 907. The second kappa shape index (κ2) is 5.42. The molecule has 0 saturated carbocycles. The van der Waals surface area contributed by atoms with Gasteiger partial charge in [-0.1, -0.05) is 0 Å². The second-order valence-electron chi connectivity index (χ2n) is 5.25. The van der Waals surface area contributed by atoms with Crippen molar-refractivity contribution in [3.05, 3.63) is 58.3 Å². The highest BCUT2D eigenvalue weighted by Crippen LogP contribution is 2.35. The zero-order valence-electron chi connectivity index (χ0n) is 11.9. The van der Waals surface area contributed by atoms with Crippen LogP contribution in [0.4, 0.5) is 14.6 Å². The van der Waals surface area contributed by atoms with E-state index in [2.05, 4.69) is 31.3 Å². The highest BCUT2D eigenvalue weighted by atomic mass is 79.9. The number of fused-ring (bicyclic) bond motifs is 1. The quantitative estimate of drug-likeness (QED) is 0.736. The number of rotatable bonds is 2. The van der Waals surface area contributed by atoms with E-state index < -0.39 is 11.6 Å². The fourth-order valence-corrected chi connectivity index (χ4v) is 3.14. The molecule has 0 bridgehead atoms. The summed E-state index contributed by atoms with van der Waals surface area (Å²) >= 11 is 3.40. The maximum atomic E-state index is 14.1. The van der Waals surface area contributed by atoms with Gasteiger partial charge in [0.15, 0.2) is 5.82 Å². The Morgan fingerprint density at radius 1 is 1.17 bits per heavy atom. The number of hydrogen-bond donors (Lipinski definition) is 1. The van der Waals surface area contributed by atoms with Crippen LogP contribution < -0.4 is 5.32 Å². The number of benzene rings is 1. The largest absolute Gasteiger partial charge is 0.369 e. The Balaban J connectivity index is 1.91. The molecule has 7 heteroatoms. The molecule has 4 nitrogen and oxygen atoms in total. The van der Waals surface area contributed by atoms with Crippen molar-refractivity contribution in [3.8, 4) is 16.9 Å². The van der Waals surface area contributed by atoms with E-state index in [1.54, 1.807) is 12.4 Å². The number of anilines is 1. The predicted octanol–water partition coefficient (Wildman–Crippen LogP) is 3.94. The molecule has 3 heterocycles. The van der Waals surface area contributed by atoms with Gasteiger partial charge in [-0.25, -0.2) is 13.5 Å². The lowest BCUT2D eigenvalue weighted by molar-refractivity contribution is 0.574. The van der Waals surface area contributed by atoms with E-state index in [4.69, 9.17) is 0 Å². The van der Waals surface area contributed by atoms with Crippen LogP contribution in [0.25, 0.3) is 16.9 Å². The van der Waals surface area contributed by atoms with Crippen LogP contribution in [0.1, 0.15) is 5.56 Å². The number of aromatic nitrogens is 3. The zero-order chi connectivity index (χ0) is 16.0. The normalized spacial score (nSPS) is 13.0. The first-order chi connectivity index (χ1) is 11.1. The van der Waals surface area contributed by atoms with Crippen LogP contribution >= 0.6 is 15.9 Å². The van der Waals surface area contributed by atoms with Crippen LogP contribution in [-0.4, -0.2) is 21.3 Å². The summed E-state index contributed by atoms with van der Waals surface area (Å²) in [7, 11) is 0. The molecule has 0 atom stereocenters. The van der Waals surface area contributed by atoms with Crippen LogP contribution in [0, 0.1) is 11.6 Å². The average molecular weight is 377 g/mol. The van der Waals surface area contributed by atoms with E-state index in [1.165, 1.54) is 16.8 Å². The molecule has 1 aliphatic heterocycles. The molecule has 4 rings (SSSR count). The van der Waals surface area contributed by atoms with Crippen molar-refractivity contribution in [2.75, 3.05) is 11.9 Å². The second-order valence-corrected chi connectivity index (χ2v) is 6.17. The Morgan fingerprint density at radius 2 is 2.04 bits per heavy atom. The third-order valence-electron chi connectivity index (χ3n) is 3.77. The van der Waals surface area contributed by atoms with Crippen molar-refractivity contribution in [1.82, 2.24) is 14.8 Å². The minimum absolute atomic E-state index is 0.214. The van der Waals surface area contributed by atoms with Crippen LogP contribution in [0.5, 0.6) is 0 Å². The van der Waals surface area contributed by atoms with Gasteiger partial charge < -0.3 is 5.32 Å². The molecule has 116 valence electrons. The highest BCUT2D eigenvalue weighted by Gasteiger charge is 2.25. The molecule has 2 aromatic heterocycles. The third-order valence-corrected chi connectivity index (χ3v) is 4.20. The SMILES string of the molecule is Fc1ccc(-n2nc(-c3cncc(Br)c3)c3c2NCC3)c(F)c1. The van der Waals surface area contributed by atoms with Gasteiger partial charge in [0.1, 0.15) is 17.3 Å². The first-order valence-electron chi connectivity index (χ1n) is 7.05. The summed E-state index contributed by atoms with van der Waals surface area (Å²) in [5, 5.41) is 7.76. The van der Waals surface area contributed by atoms with E-state index in [9.17, 15) is 8.78 Å². The van der Waals surface area contributed by atoms with Crippen molar-refractivity contribution in [2.24, 2.45) is 0 Å². The lowest BCUT2D eigenvalue weighted by atomic mass is 10.1. The van der Waals surface area contributed by atoms with Gasteiger partial charge in [-0.15, -0.1) is 0 Å². The molecule has 0 radical (unpaired) electrons. The van der Waals surface area contributed by atoms with Crippen molar-refractivity contribution >= 4 is 21.7 Å². The molecular weight excluding hydrogens is 366 g/mol. The van der Waals surface area contributed by atoms with Crippen molar-refractivity contribution in [2.45, 2.75) is 6.42 Å². The number of nitrogens with zero attached hydrogens (tertiary/aromatic N) is 3. The Labute approximate surface area is 139 Å². The molecule has 1 aliphatic rings. The maximum absolute atomic E-state index is 14.1. The molecule has 23 heavy (non-hydrogen) atoms. The van der Waals surface area contributed by atoms with Gasteiger partial charge in [0.2, 0.25) is 0 Å². The summed E-state index contributed by atoms with van der Waals surface area (Å²) in [4.78, 5) is 4.16. The third kappa shape index (κ3) is 2.41. The summed E-state index contributed by atoms with van der Waals surface area (Å²) in [5.41, 5.74) is 2.82. The molecule has 3 aromatic rings. The number of pyridine rings is 1. The molecule has 0 fully saturated rings. The standard InChI is InChI=1S/C16H11BrF2N4/c17-10-5-9(7-20-8-10)15-12-3-4-21-16(12)23(22-15)14-2-1-11(18)6-13(14)19/h1-2,5-8,21H,3-4H2. The summed E-state index contributed by atoms with van der Waals surface area (Å²) in [6.07, 6.45) is 4.20. The molecule has 0 unspecified atom stereocenters. The first kappa shape index (κ1) is 14.3. The summed E-state index contributed by atoms with van der Waals surface area (Å²) in [6.45, 7) is 0.754. The Hall–Kier alpha value is -2.28. The number of nitrogens with one attached hydrogen (secondary N) is 1. The van der Waals surface area contributed by atoms with Gasteiger partial charge in [0, 0.05) is 40.6 Å². The van der Waals surface area contributed by atoms with Crippen LogP contribution in [0.2, 0.25) is 0 Å². The van der Waals surface area contributed by atoms with Crippen LogP contribution in [0.15, 0.2) is 41.1 Å². The summed E-state index contributed by atoms with van der Waals surface area (Å²) in [5.74, 6) is -0.521. The smallest absolute Gasteiger partial charge is 0.151 e. The Kier molecular flexibility index (Phi) is 3.37. The monoisotopic (exact) mass is 376 g/mol. The lowest BCUT2D eigenvalue weighted by Crippen LogP contribution is -2.06. The lowest BCUT2D eigenvalue weighted by Gasteiger charge is -2.07. The molecule has 0 amide bonds. The topological polar surface area (TPSA) is 42.7 Å². The zero-order valence-corrected chi connectivity index (χ0v) is 13.4. The van der Waals surface area contributed by atoms with Gasteiger partial charge in [0.05, 0.1) is 5.69 Å². The minimum Gasteiger partial charge on any atom is -0.369 e. The minimum atomic E-state index is -0.650. The highest BCUT2D eigenvalue weighted by molar-refractivity contribution is 9.10. The van der Waals surface area contributed by atoms with E-state index in [-0.39, 0.29) is 5.69 Å². The molecule has 1 aromatic carbocycles. The molecule has 0 aliphatic carbocycles. The van der Waals surface area contributed by atoms with E-state index >= 15 is 0 Å². The molecule has 0 saturated heterocycles. The maximum Gasteiger partial charge on any atom is 0.151 e. The van der Waals surface area contributed by atoms with E-state index in [0.717, 1.165) is 46.1 Å². The number of hydrogen-bond acceptors (Lipinski definition) is 3. The molecular formula is C16H11BrF2N4. The van der Waals surface area contributed by atoms with E-state index in [0.29, 0.717) is 0 Å². The number of halogens is 3. The molecule has 0 spiro atoms. The van der Waals surface area contributed by atoms with Gasteiger partial charge >= 0.3 is 0 Å². The fraction of sp³-hybridized carbons (Fsp3) is 0.125. The Morgan fingerprint density at radius 3 is 2.83 bits per heavy atom.